The molecule has 0 spiro atoms. The van der Waals surface area contributed by atoms with E-state index < -0.39 is 0 Å². The fraction of sp³-hybridized carbons (Fsp3) is 0.286. The molecule has 0 unspecified atom stereocenters. The minimum atomic E-state index is -0.367. The summed E-state index contributed by atoms with van der Waals surface area (Å²) in [6.07, 6.45) is 8.67. The van der Waals surface area contributed by atoms with Crippen LogP contribution in [0.5, 0.6) is 0 Å². The lowest BCUT2D eigenvalue weighted by Crippen LogP contribution is -2.16. The highest BCUT2D eigenvalue weighted by Gasteiger charge is 2.05. The van der Waals surface area contributed by atoms with Gasteiger partial charge in [-0.3, -0.25) is 9.78 Å². The van der Waals surface area contributed by atoms with Crippen LogP contribution < -0.4 is 5.73 Å². The Bertz CT molecular complexity index is 505. The van der Waals surface area contributed by atoms with E-state index in [-0.39, 0.29) is 5.91 Å². The number of pyridine rings is 1. The van der Waals surface area contributed by atoms with Crippen molar-refractivity contribution in [3.63, 3.8) is 0 Å². The van der Waals surface area contributed by atoms with Crippen LogP contribution >= 0.6 is 0 Å². The quantitative estimate of drug-likeness (QED) is 0.789. The van der Waals surface area contributed by atoms with E-state index >= 15 is 0 Å². The van der Waals surface area contributed by atoms with Crippen molar-refractivity contribution in [3.8, 4) is 0 Å². The molecule has 0 fully saturated rings. The maximum Gasteiger partial charge on any atom is 0.265 e. The number of carbonyl (C=O) groups is 1. The Morgan fingerprint density at radius 3 is 2.72 bits per heavy atom. The molecule has 4 heteroatoms. The lowest BCUT2D eigenvalue weighted by Gasteiger charge is -2.06. The molecule has 0 saturated carbocycles. The summed E-state index contributed by atoms with van der Waals surface area (Å²) in [5.41, 5.74) is 7.17. The number of aryl methyl sites for hydroxylation is 2. The van der Waals surface area contributed by atoms with Crippen LogP contribution in [-0.2, 0) is 13.0 Å². The summed E-state index contributed by atoms with van der Waals surface area (Å²) >= 11 is 0. The van der Waals surface area contributed by atoms with Gasteiger partial charge in [-0.15, -0.1) is 0 Å². The van der Waals surface area contributed by atoms with Crippen LogP contribution in [0.1, 0.15) is 28.9 Å². The van der Waals surface area contributed by atoms with Crippen LogP contribution in [0.2, 0.25) is 0 Å². The van der Waals surface area contributed by atoms with E-state index in [0.29, 0.717) is 5.69 Å². The van der Waals surface area contributed by atoms with Crippen LogP contribution in [0.25, 0.3) is 0 Å². The number of nitrogens with two attached hydrogens (primary N) is 1. The molecule has 2 aromatic heterocycles. The zero-order valence-corrected chi connectivity index (χ0v) is 10.2. The predicted octanol–water partition coefficient (Wildman–Crippen LogP) is 2.00. The van der Waals surface area contributed by atoms with Gasteiger partial charge in [-0.25, -0.2) is 0 Å². The second-order valence-corrected chi connectivity index (χ2v) is 4.26. The van der Waals surface area contributed by atoms with Crippen LogP contribution in [0.4, 0.5) is 0 Å². The second-order valence-electron chi connectivity index (χ2n) is 4.26. The van der Waals surface area contributed by atoms with Crippen molar-refractivity contribution in [2.24, 2.45) is 5.73 Å². The van der Waals surface area contributed by atoms with Gasteiger partial charge in [-0.2, -0.15) is 0 Å². The molecule has 2 rings (SSSR count). The van der Waals surface area contributed by atoms with Crippen LogP contribution in [0.3, 0.4) is 0 Å². The van der Waals surface area contributed by atoms with Crippen LogP contribution in [-0.4, -0.2) is 15.5 Å². The van der Waals surface area contributed by atoms with Gasteiger partial charge in [0.25, 0.3) is 5.91 Å². The van der Waals surface area contributed by atoms with Crippen molar-refractivity contribution in [2.75, 3.05) is 0 Å². The van der Waals surface area contributed by atoms with Crippen molar-refractivity contribution in [3.05, 3.63) is 54.1 Å². The predicted molar refractivity (Wildman–Crippen MR) is 70.1 cm³/mol. The number of hydrogen-bond acceptors (Lipinski definition) is 2. The zero-order valence-electron chi connectivity index (χ0n) is 10.2. The second kappa shape index (κ2) is 6.00. The summed E-state index contributed by atoms with van der Waals surface area (Å²) in [6, 6.07) is 7.67. The molecule has 2 N–H and O–H groups in total. The summed E-state index contributed by atoms with van der Waals surface area (Å²) in [7, 11) is 0. The van der Waals surface area contributed by atoms with E-state index in [1.165, 1.54) is 5.56 Å². The first kappa shape index (κ1) is 12.4. The van der Waals surface area contributed by atoms with Gasteiger partial charge in [-0.1, -0.05) is 0 Å². The molecule has 18 heavy (non-hydrogen) atoms. The monoisotopic (exact) mass is 243 g/mol. The first-order valence-electron chi connectivity index (χ1n) is 6.11. The topological polar surface area (TPSA) is 60.9 Å². The minimum absolute atomic E-state index is 0.367. The number of rotatable bonds is 6. The first-order valence-corrected chi connectivity index (χ1v) is 6.11. The van der Waals surface area contributed by atoms with Crippen molar-refractivity contribution >= 4 is 5.91 Å². The van der Waals surface area contributed by atoms with Crippen molar-refractivity contribution in [1.82, 2.24) is 9.55 Å². The Labute approximate surface area is 106 Å². The van der Waals surface area contributed by atoms with Gasteiger partial charge in [-0.05, 0) is 49.1 Å². The molecule has 0 saturated heterocycles. The summed E-state index contributed by atoms with van der Waals surface area (Å²) in [6.45, 7) is 0.830. The molecule has 0 aliphatic heterocycles. The smallest absolute Gasteiger partial charge is 0.265 e. The standard InChI is InChI=1S/C14H17N3O/c15-14(18)13-5-3-11-17(13)10-2-1-4-12-6-8-16-9-7-12/h3,5-9,11H,1-2,4,10H2,(H2,15,18). The number of nitrogens with zero attached hydrogens (tertiary/aromatic N) is 2. The molecule has 2 heterocycles. The molecule has 0 radical (unpaired) electrons. The highest BCUT2D eigenvalue weighted by molar-refractivity contribution is 5.91. The molecular formula is C14H17N3O. The van der Waals surface area contributed by atoms with E-state index in [1.807, 2.05) is 41.4 Å². The number of carbonyl (C=O) groups excluding carboxylic acids is 1. The van der Waals surface area contributed by atoms with Gasteiger partial charge in [0.15, 0.2) is 0 Å². The molecule has 0 bridgehead atoms. The third-order valence-corrected chi connectivity index (χ3v) is 2.95. The van der Waals surface area contributed by atoms with Gasteiger partial charge in [0.1, 0.15) is 5.69 Å². The van der Waals surface area contributed by atoms with E-state index in [1.54, 1.807) is 6.07 Å². The molecule has 2 aromatic rings. The van der Waals surface area contributed by atoms with Gasteiger partial charge in [0.05, 0.1) is 0 Å². The number of aromatic nitrogens is 2. The average molecular weight is 243 g/mol. The molecule has 0 aliphatic rings. The Kier molecular flexibility index (Phi) is 4.12. The summed E-state index contributed by atoms with van der Waals surface area (Å²) in [5, 5.41) is 0. The lowest BCUT2D eigenvalue weighted by molar-refractivity contribution is 0.0991. The Morgan fingerprint density at radius 2 is 2.00 bits per heavy atom. The van der Waals surface area contributed by atoms with Gasteiger partial charge in [0.2, 0.25) is 0 Å². The summed E-state index contributed by atoms with van der Waals surface area (Å²) < 4.78 is 1.91. The fourth-order valence-corrected chi connectivity index (χ4v) is 1.99. The highest BCUT2D eigenvalue weighted by atomic mass is 16.1. The SMILES string of the molecule is NC(=O)c1cccn1CCCCc1ccncc1. The summed E-state index contributed by atoms with van der Waals surface area (Å²) in [4.78, 5) is 15.1. The van der Waals surface area contributed by atoms with E-state index in [0.717, 1.165) is 25.8 Å². The molecule has 0 atom stereocenters. The van der Waals surface area contributed by atoms with Crippen molar-refractivity contribution < 1.29 is 4.79 Å². The van der Waals surface area contributed by atoms with E-state index in [2.05, 4.69) is 4.98 Å². The third kappa shape index (κ3) is 3.20. The minimum Gasteiger partial charge on any atom is -0.364 e. The van der Waals surface area contributed by atoms with Crippen molar-refractivity contribution in [1.29, 1.82) is 0 Å². The number of amides is 1. The molecular weight excluding hydrogens is 226 g/mol. The molecule has 94 valence electrons. The summed E-state index contributed by atoms with van der Waals surface area (Å²) in [5.74, 6) is -0.367. The van der Waals surface area contributed by atoms with Gasteiger partial charge in [0, 0.05) is 25.1 Å². The van der Waals surface area contributed by atoms with Gasteiger partial charge >= 0.3 is 0 Å². The molecule has 1 amide bonds. The number of hydrogen-bond donors (Lipinski definition) is 1. The molecule has 4 nitrogen and oxygen atoms in total. The molecule has 0 aliphatic carbocycles. The maximum absolute atomic E-state index is 11.1. The van der Waals surface area contributed by atoms with Crippen LogP contribution in [0, 0.1) is 0 Å². The van der Waals surface area contributed by atoms with Gasteiger partial charge < -0.3 is 10.3 Å². The zero-order chi connectivity index (χ0) is 12.8. The Hall–Kier alpha value is -2.10. The average Bonchev–Trinajstić information content (AvgIpc) is 2.84. The van der Waals surface area contributed by atoms with Crippen LogP contribution in [0.15, 0.2) is 42.9 Å². The van der Waals surface area contributed by atoms with E-state index in [4.69, 9.17) is 5.73 Å². The highest BCUT2D eigenvalue weighted by Crippen LogP contribution is 2.07. The Balaban J connectivity index is 1.79. The number of primary amides is 1. The van der Waals surface area contributed by atoms with Crippen molar-refractivity contribution in [2.45, 2.75) is 25.8 Å². The van der Waals surface area contributed by atoms with E-state index in [9.17, 15) is 4.79 Å². The fourth-order valence-electron chi connectivity index (χ4n) is 1.99. The molecule has 0 aromatic carbocycles. The number of unbranched alkanes of at least 4 members (excludes halogenated alkanes) is 1. The lowest BCUT2D eigenvalue weighted by atomic mass is 10.1. The normalized spacial score (nSPS) is 10.4. The first-order chi connectivity index (χ1) is 8.77. The Morgan fingerprint density at radius 1 is 1.22 bits per heavy atom. The maximum atomic E-state index is 11.1. The largest absolute Gasteiger partial charge is 0.364 e. The third-order valence-electron chi connectivity index (χ3n) is 2.95.